The second-order valence-corrected chi connectivity index (χ2v) is 10.8. The number of hydrogen-bond donors (Lipinski definition) is 1. The summed E-state index contributed by atoms with van der Waals surface area (Å²) in [5.41, 5.74) is 1.17. The Morgan fingerprint density at radius 3 is 2.39 bits per heavy atom. The molecule has 0 radical (unpaired) electrons. The van der Waals surface area contributed by atoms with Crippen LogP contribution in [-0.2, 0) is 14.3 Å². The third kappa shape index (κ3) is 5.60. The van der Waals surface area contributed by atoms with Gasteiger partial charge in [-0.25, -0.2) is 0 Å². The molecule has 4 aliphatic rings. The van der Waals surface area contributed by atoms with E-state index in [0.717, 1.165) is 52.0 Å². The summed E-state index contributed by atoms with van der Waals surface area (Å²) in [6.07, 6.45) is 7.59. The fourth-order valence-electron chi connectivity index (χ4n) is 6.42. The third-order valence-corrected chi connectivity index (χ3v) is 8.41. The van der Waals surface area contributed by atoms with E-state index in [9.17, 15) is 9.59 Å². The lowest BCUT2D eigenvalue weighted by Crippen LogP contribution is -2.37. The molecule has 5 rings (SSSR count). The van der Waals surface area contributed by atoms with Gasteiger partial charge in [0.25, 0.3) is 0 Å². The predicted octanol–water partition coefficient (Wildman–Crippen LogP) is 3.24. The molecule has 0 spiro atoms. The Labute approximate surface area is 198 Å². The molecule has 1 N–H and O–H groups in total. The Morgan fingerprint density at radius 2 is 1.73 bits per heavy atom. The van der Waals surface area contributed by atoms with E-state index in [-0.39, 0.29) is 17.9 Å². The summed E-state index contributed by atoms with van der Waals surface area (Å²) >= 11 is 0. The van der Waals surface area contributed by atoms with E-state index in [4.69, 9.17) is 4.74 Å². The zero-order valence-electron chi connectivity index (χ0n) is 19.8. The molecule has 0 aromatic heterocycles. The highest BCUT2D eigenvalue weighted by Crippen LogP contribution is 2.34. The SMILES string of the molecule is O=C(NC(CCN1CC2CN(C(=O)CC3CCCC3)C[C@@H]2C1)c1ccccc1)C1CCOC1. The molecule has 6 heteroatoms. The van der Waals surface area contributed by atoms with Crippen LogP contribution in [0.4, 0.5) is 0 Å². The van der Waals surface area contributed by atoms with Crippen molar-refractivity contribution in [1.82, 2.24) is 15.1 Å². The largest absolute Gasteiger partial charge is 0.381 e. The smallest absolute Gasteiger partial charge is 0.226 e. The van der Waals surface area contributed by atoms with Crippen molar-refractivity contribution >= 4 is 11.8 Å². The first-order chi connectivity index (χ1) is 16.2. The summed E-state index contributed by atoms with van der Waals surface area (Å²) < 4.78 is 5.41. The van der Waals surface area contributed by atoms with Gasteiger partial charge in [-0.1, -0.05) is 43.2 Å². The minimum Gasteiger partial charge on any atom is -0.381 e. The fraction of sp³-hybridized carbons (Fsp3) is 0.704. The lowest BCUT2D eigenvalue weighted by Gasteiger charge is -2.26. The number of hydrogen-bond acceptors (Lipinski definition) is 4. The summed E-state index contributed by atoms with van der Waals surface area (Å²) in [7, 11) is 0. The number of ether oxygens (including phenoxy) is 1. The molecule has 1 aromatic rings. The molecular formula is C27H39N3O3. The van der Waals surface area contributed by atoms with Crippen molar-refractivity contribution in [3.8, 4) is 0 Å². The van der Waals surface area contributed by atoms with Gasteiger partial charge >= 0.3 is 0 Å². The molecule has 33 heavy (non-hydrogen) atoms. The maximum atomic E-state index is 12.8. The lowest BCUT2D eigenvalue weighted by atomic mass is 10.0. The predicted molar refractivity (Wildman–Crippen MR) is 127 cm³/mol. The van der Waals surface area contributed by atoms with Crippen LogP contribution in [0.3, 0.4) is 0 Å². The Morgan fingerprint density at radius 1 is 1.00 bits per heavy atom. The average molecular weight is 454 g/mol. The molecule has 3 aliphatic heterocycles. The van der Waals surface area contributed by atoms with Gasteiger partial charge in [0.1, 0.15) is 0 Å². The van der Waals surface area contributed by atoms with Gasteiger partial charge in [0.2, 0.25) is 11.8 Å². The highest BCUT2D eigenvalue weighted by Gasteiger charge is 2.41. The van der Waals surface area contributed by atoms with Crippen LogP contribution in [0.25, 0.3) is 0 Å². The first-order valence-corrected chi connectivity index (χ1v) is 13.1. The molecule has 1 saturated carbocycles. The molecule has 0 bridgehead atoms. The minimum atomic E-state index is -0.0184. The average Bonchev–Trinajstić information content (AvgIpc) is 3.62. The summed E-state index contributed by atoms with van der Waals surface area (Å²) in [6.45, 7) is 6.22. The Kier molecular flexibility index (Phi) is 7.31. The molecule has 3 heterocycles. The summed E-state index contributed by atoms with van der Waals surface area (Å²) in [6, 6.07) is 10.4. The third-order valence-electron chi connectivity index (χ3n) is 8.41. The highest BCUT2D eigenvalue weighted by molar-refractivity contribution is 5.79. The molecular weight excluding hydrogens is 414 g/mol. The Hall–Kier alpha value is -1.92. The number of rotatable bonds is 8. The van der Waals surface area contributed by atoms with Gasteiger partial charge in [-0.3, -0.25) is 9.59 Å². The first-order valence-electron chi connectivity index (χ1n) is 13.1. The lowest BCUT2D eigenvalue weighted by molar-refractivity contribution is -0.131. The zero-order chi connectivity index (χ0) is 22.6. The molecule has 3 unspecified atom stereocenters. The molecule has 1 aliphatic carbocycles. The summed E-state index contributed by atoms with van der Waals surface area (Å²) in [5.74, 6) is 2.35. The van der Waals surface area contributed by atoms with Crippen molar-refractivity contribution in [3.63, 3.8) is 0 Å². The van der Waals surface area contributed by atoms with E-state index in [1.807, 2.05) is 18.2 Å². The number of nitrogens with one attached hydrogen (secondary N) is 1. The van der Waals surface area contributed by atoms with Gasteiger partial charge in [-0.15, -0.1) is 0 Å². The van der Waals surface area contributed by atoms with Crippen molar-refractivity contribution < 1.29 is 14.3 Å². The van der Waals surface area contributed by atoms with Crippen molar-refractivity contribution in [1.29, 1.82) is 0 Å². The number of benzene rings is 1. The zero-order valence-corrected chi connectivity index (χ0v) is 19.8. The number of carbonyl (C=O) groups is 2. The molecule has 180 valence electrons. The number of nitrogens with zero attached hydrogens (tertiary/aromatic N) is 2. The number of amides is 2. The van der Waals surface area contributed by atoms with Gasteiger partial charge in [-0.2, -0.15) is 0 Å². The minimum absolute atomic E-state index is 0.0184. The van der Waals surface area contributed by atoms with Gasteiger partial charge in [0.15, 0.2) is 0 Å². The van der Waals surface area contributed by atoms with Crippen molar-refractivity contribution in [2.75, 3.05) is 45.9 Å². The van der Waals surface area contributed by atoms with Crippen LogP contribution >= 0.6 is 0 Å². The molecule has 4 fully saturated rings. The maximum Gasteiger partial charge on any atom is 0.226 e. The quantitative estimate of drug-likeness (QED) is 0.657. The second-order valence-electron chi connectivity index (χ2n) is 10.8. The number of carbonyl (C=O) groups excluding carboxylic acids is 2. The van der Waals surface area contributed by atoms with Crippen LogP contribution in [0.15, 0.2) is 30.3 Å². The summed E-state index contributed by atoms with van der Waals surface area (Å²) in [4.78, 5) is 30.2. The molecule has 4 atom stereocenters. The molecule has 6 nitrogen and oxygen atoms in total. The van der Waals surface area contributed by atoms with Crippen molar-refractivity contribution in [3.05, 3.63) is 35.9 Å². The highest BCUT2D eigenvalue weighted by atomic mass is 16.5. The van der Waals surface area contributed by atoms with Gasteiger partial charge < -0.3 is 19.9 Å². The second kappa shape index (κ2) is 10.6. The van der Waals surface area contributed by atoms with Crippen molar-refractivity contribution in [2.45, 2.75) is 51.0 Å². The van der Waals surface area contributed by atoms with E-state index in [0.29, 0.717) is 36.9 Å². The summed E-state index contributed by atoms with van der Waals surface area (Å²) in [5, 5.41) is 3.31. The van der Waals surface area contributed by atoms with Crippen LogP contribution in [0.2, 0.25) is 0 Å². The standard InChI is InChI=1S/C27H39N3O3/c31-26(14-20-6-4-5-7-20)30-17-23-15-29(16-24(23)18-30)12-10-25(21-8-2-1-3-9-21)28-27(32)22-11-13-33-19-22/h1-3,8-9,20,22-25H,4-7,10-19H2,(H,28,32)/t22?,23-,24?,25?/m0/s1. The van der Waals surface area contributed by atoms with Crippen LogP contribution in [0.5, 0.6) is 0 Å². The maximum absolute atomic E-state index is 12.8. The van der Waals surface area contributed by atoms with E-state index < -0.39 is 0 Å². The van der Waals surface area contributed by atoms with Gasteiger partial charge in [0, 0.05) is 45.8 Å². The number of likely N-dealkylation sites (tertiary alicyclic amines) is 2. The van der Waals surface area contributed by atoms with Crippen LogP contribution in [-0.4, -0.2) is 67.6 Å². The van der Waals surface area contributed by atoms with E-state index in [1.165, 1.54) is 31.2 Å². The van der Waals surface area contributed by atoms with E-state index >= 15 is 0 Å². The molecule has 3 saturated heterocycles. The topological polar surface area (TPSA) is 61.9 Å². The van der Waals surface area contributed by atoms with Crippen molar-refractivity contribution in [2.24, 2.45) is 23.7 Å². The number of fused-ring (bicyclic) bond motifs is 1. The van der Waals surface area contributed by atoms with Gasteiger partial charge in [0.05, 0.1) is 18.6 Å². The van der Waals surface area contributed by atoms with Crippen LogP contribution < -0.4 is 5.32 Å². The Bertz CT molecular complexity index is 790. The van der Waals surface area contributed by atoms with E-state index in [2.05, 4.69) is 27.2 Å². The monoisotopic (exact) mass is 453 g/mol. The Balaban J connectivity index is 1.11. The molecule has 1 aromatic carbocycles. The first kappa shape index (κ1) is 22.9. The molecule has 2 amide bonds. The van der Waals surface area contributed by atoms with Crippen LogP contribution in [0.1, 0.15) is 56.6 Å². The fourth-order valence-corrected chi connectivity index (χ4v) is 6.42. The van der Waals surface area contributed by atoms with Crippen LogP contribution in [0, 0.1) is 23.7 Å². The van der Waals surface area contributed by atoms with Gasteiger partial charge in [-0.05, 0) is 49.0 Å². The normalized spacial score (nSPS) is 28.8. The van der Waals surface area contributed by atoms with E-state index in [1.54, 1.807) is 0 Å².